The lowest BCUT2D eigenvalue weighted by atomic mass is 9.91. The molecule has 0 radical (unpaired) electrons. The molecule has 0 bridgehead atoms. The second-order valence-electron chi connectivity index (χ2n) is 7.17. The molecule has 1 aromatic heterocycles. The fourth-order valence-corrected chi connectivity index (χ4v) is 3.66. The van der Waals surface area contributed by atoms with Gasteiger partial charge in [-0.05, 0) is 75.3 Å². The second-order valence-corrected chi connectivity index (χ2v) is 7.91. The van der Waals surface area contributed by atoms with Crippen LogP contribution in [0.3, 0.4) is 0 Å². The van der Waals surface area contributed by atoms with Crippen LogP contribution in [-0.2, 0) is 11.3 Å². The maximum Gasteiger partial charge on any atom is 0.407 e. The highest BCUT2D eigenvalue weighted by Gasteiger charge is 2.25. The van der Waals surface area contributed by atoms with Gasteiger partial charge in [0.1, 0.15) is 5.60 Å². The Morgan fingerprint density at radius 3 is 2.68 bits per heavy atom. The molecular formula is C17H28N2O2S. The number of rotatable bonds is 4. The van der Waals surface area contributed by atoms with Crippen molar-refractivity contribution in [2.75, 3.05) is 0 Å². The average Bonchev–Trinajstić information content (AvgIpc) is 2.80. The Morgan fingerprint density at radius 1 is 1.32 bits per heavy atom. The molecular weight excluding hydrogens is 296 g/mol. The van der Waals surface area contributed by atoms with E-state index >= 15 is 0 Å². The number of hydrogen-bond acceptors (Lipinski definition) is 4. The van der Waals surface area contributed by atoms with Gasteiger partial charge in [-0.2, -0.15) is 11.3 Å². The van der Waals surface area contributed by atoms with Crippen LogP contribution in [0.4, 0.5) is 4.79 Å². The highest BCUT2D eigenvalue weighted by atomic mass is 32.1. The van der Waals surface area contributed by atoms with Crippen LogP contribution < -0.4 is 10.6 Å². The van der Waals surface area contributed by atoms with E-state index in [2.05, 4.69) is 28.3 Å². The van der Waals surface area contributed by atoms with Crippen LogP contribution in [0.15, 0.2) is 10.8 Å². The molecule has 22 heavy (non-hydrogen) atoms. The molecule has 0 aliphatic heterocycles. The van der Waals surface area contributed by atoms with Crippen molar-refractivity contribution in [2.45, 2.75) is 77.6 Å². The van der Waals surface area contributed by atoms with Crippen molar-refractivity contribution >= 4 is 17.4 Å². The van der Waals surface area contributed by atoms with Gasteiger partial charge in [0.25, 0.3) is 0 Å². The maximum absolute atomic E-state index is 11.9. The lowest BCUT2D eigenvalue weighted by Crippen LogP contribution is -2.45. The van der Waals surface area contributed by atoms with Gasteiger partial charge < -0.3 is 15.4 Å². The monoisotopic (exact) mass is 324 g/mol. The summed E-state index contributed by atoms with van der Waals surface area (Å²) in [5.41, 5.74) is 2.30. The van der Waals surface area contributed by atoms with E-state index in [-0.39, 0.29) is 12.1 Å². The molecule has 2 atom stereocenters. The average molecular weight is 324 g/mol. The smallest absolute Gasteiger partial charge is 0.407 e. The molecule has 1 saturated carbocycles. The minimum atomic E-state index is -0.438. The van der Waals surface area contributed by atoms with Crippen molar-refractivity contribution in [3.05, 3.63) is 21.9 Å². The van der Waals surface area contributed by atoms with E-state index in [1.54, 1.807) is 11.3 Å². The summed E-state index contributed by atoms with van der Waals surface area (Å²) >= 11 is 1.75. The van der Waals surface area contributed by atoms with E-state index in [1.807, 2.05) is 20.8 Å². The van der Waals surface area contributed by atoms with Gasteiger partial charge in [0, 0.05) is 18.6 Å². The zero-order valence-electron chi connectivity index (χ0n) is 14.1. The van der Waals surface area contributed by atoms with E-state index in [4.69, 9.17) is 4.74 Å². The van der Waals surface area contributed by atoms with Crippen molar-refractivity contribution in [1.29, 1.82) is 0 Å². The molecule has 1 aliphatic rings. The van der Waals surface area contributed by atoms with Gasteiger partial charge in [-0.15, -0.1) is 0 Å². The van der Waals surface area contributed by atoms with Gasteiger partial charge in [-0.1, -0.05) is 0 Å². The number of aryl methyl sites for hydroxylation is 1. The van der Waals surface area contributed by atoms with Crippen molar-refractivity contribution in [3.8, 4) is 0 Å². The Balaban J connectivity index is 1.77. The lowest BCUT2D eigenvalue weighted by Gasteiger charge is -2.31. The fourth-order valence-electron chi connectivity index (χ4n) is 2.80. The SMILES string of the molecule is Cc1cscc1CNC1CCCC(NC(=O)OC(C)(C)C)C1. The first-order valence-corrected chi connectivity index (χ1v) is 9.02. The minimum Gasteiger partial charge on any atom is -0.444 e. The molecule has 0 saturated heterocycles. The molecule has 5 heteroatoms. The van der Waals surface area contributed by atoms with Crippen molar-refractivity contribution in [3.63, 3.8) is 0 Å². The van der Waals surface area contributed by atoms with E-state index in [0.29, 0.717) is 6.04 Å². The van der Waals surface area contributed by atoms with Gasteiger partial charge in [-0.25, -0.2) is 4.79 Å². The first-order valence-electron chi connectivity index (χ1n) is 8.08. The molecule has 1 aromatic rings. The number of alkyl carbamates (subject to hydrolysis) is 1. The summed E-state index contributed by atoms with van der Waals surface area (Å²) in [6.45, 7) is 8.74. The van der Waals surface area contributed by atoms with Crippen molar-refractivity contribution in [1.82, 2.24) is 10.6 Å². The van der Waals surface area contributed by atoms with Gasteiger partial charge in [0.2, 0.25) is 0 Å². The number of hydrogen-bond donors (Lipinski definition) is 2. The number of thiophene rings is 1. The highest BCUT2D eigenvalue weighted by Crippen LogP contribution is 2.21. The third-order valence-corrected chi connectivity index (χ3v) is 4.85. The summed E-state index contributed by atoms with van der Waals surface area (Å²) in [6, 6.07) is 0.678. The minimum absolute atomic E-state index is 0.213. The maximum atomic E-state index is 11.9. The van der Waals surface area contributed by atoms with Gasteiger partial charge in [-0.3, -0.25) is 0 Å². The molecule has 4 nitrogen and oxygen atoms in total. The first kappa shape index (κ1) is 17.3. The predicted octanol–water partition coefficient (Wildman–Crippen LogP) is 3.98. The Morgan fingerprint density at radius 2 is 2.05 bits per heavy atom. The standard InChI is InChI=1S/C17H28N2O2S/c1-12-10-22-11-13(12)9-18-14-6-5-7-15(8-14)19-16(20)21-17(2,3)4/h10-11,14-15,18H,5-9H2,1-4H3,(H,19,20). The van der Waals surface area contributed by atoms with E-state index < -0.39 is 5.60 Å². The highest BCUT2D eigenvalue weighted by molar-refractivity contribution is 7.08. The summed E-state index contributed by atoms with van der Waals surface area (Å²) in [7, 11) is 0. The van der Waals surface area contributed by atoms with Crippen LogP contribution in [-0.4, -0.2) is 23.8 Å². The topological polar surface area (TPSA) is 50.4 Å². The normalized spacial score (nSPS) is 22.4. The van der Waals surface area contributed by atoms with Crippen LogP contribution in [0.25, 0.3) is 0 Å². The Labute approximate surface area is 137 Å². The zero-order valence-corrected chi connectivity index (χ0v) is 14.9. The van der Waals surface area contributed by atoms with Crippen LogP contribution in [0.1, 0.15) is 57.6 Å². The van der Waals surface area contributed by atoms with Crippen molar-refractivity contribution in [2.24, 2.45) is 0 Å². The summed E-state index contributed by atoms with van der Waals surface area (Å²) in [5, 5.41) is 11.0. The molecule has 0 spiro atoms. The van der Waals surface area contributed by atoms with Crippen LogP contribution in [0.5, 0.6) is 0 Å². The van der Waals surface area contributed by atoms with Gasteiger partial charge in [0.05, 0.1) is 0 Å². The summed E-state index contributed by atoms with van der Waals surface area (Å²) in [6.07, 6.45) is 4.03. The zero-order chi connectivity index (χ0) is 16.2. The number of nitrogens with one attached hydrogen (secondary N) is 2. The molecule has 1 amide bonds. The van der Waals surface area contributed by atoms with Crippen LogP contribution >= 0.6 is 11.3 Å². The number of carbonyl (C=O) groups excluding carboxylic acids is 1. The van der Waals surface area contributed by atoms with Gasteiger partial charge in [0.15, 0.2) is 0 Å². The molecule has 2 unspecified atom stereocenters. The summed E-state index contributed by atoms with van der Waals surface area (Å²) in [5.74, 6) is 0. The predicted molar refractivity (Wildman–Crippen MR) is 91.3 cm³/mol. The first-order chi connectivity index (χ1) is 10.3. The Bertz CT molecular complexity index is 493. The van der Waals surface area contributed by atoms with Crippen molar-refractivity contribution < 1.29 is 9.53 Å². The Kier molecular flexibility index (Phi) is 5.87. The van der Waals surface area contributed by atoms with Crippen LogP contribution in [0, 0.1) is 6.92 Å². The third kappa shape index (κ3) is 5.61. The number of carbonyl (C=O) groups is 1. The molecule has 1 heterocycles. The molecule has 0 aromatic carbocycles. The number of amides is 1. The van der Waals surface area contributed by atoms with E-state index in [1.165, 1.54) is 17.5 Å². The Hall–Kier alpha value is -1.07. The molecule has 1 fully saturated rings. The molecule has 2 rings (SSSR count). The largest absolute Gasteiger partial charge is 0.444 e. The van der Waals surface area contributed by atoms with E-state index in [0.717, 1.165) is 25.8 Å². The number of ether oxygens (including phenoxy) is 1. The van der Waals surface area contributed by atoms with Gasteiger partial charge >= 0.3 is 6.09 Å². The molecule has 124 valence electrons. The van der Waals surface area contributed by atoms with E-state index in [9.17, 15) is 4.79 Å². The molecule has 2 N–H and O–H groups in total. The lowest BCUT2D eigenvalue weighted by molar-refractivity contribution is 0.0488. The quantitative estimate of drug-likeness (QED) is 0.880. The molecule has 1 aliphatic carbocycles. The third-order valence-electron chi connectivity index (χ3n) is 3.94. The summed E-state index contributed by atoms with van der Waals surface area (Å²) < 4.78 is 5.34. The fraction of sp³-hybridized carbons (Fsp3) is 0.706. The second kappa shape index (κ2) is 7.47. The van der Waals surface area contributed by atoms with Crippen LogP contribution in [0.2, 0.25) is 0 Å². The summed E-state index contributed by atoms with van der Waals surface area (Å²) in [4.78, 5) is 11.9.